The monoisotopic (exact) mass is 339 g/mol. The van der Waals surface area contributed by atoms with Crippen LogP contribution in [0.25, 0.3) is 6.08 Å². The number of hydrogen-bond acceptors (Lipinski definition) is 4. The summed E-state index contributed by atoms with van der Waals surface area (Å²) in [4.78, 5) is 23.7. The Bertz CT molecular complexity index is 801. The molecular weight excluding hydrogens is 318 g/mol. The number of ether oxygens (including phenoxy) is 2. The van der Waals surface area contributed by atoms with Gasteiger partial charge in [-0.25, -0.2) is 4.79 Å². The molecule has 2 rings (SSSR count). The Morgan fingerprint density at radius 2 is 1.72 bits per heavy atom. The first-order chi connectivity index (χ1) is 11.9. The fourth-order valence-electron chi connectivity index (χ4n) is 2.50. The highest BCUT2D eigenvalue weighted by Crippen LogP contribution is 2.22. The van der Waals surface area contributed by atoms with E-state index in [0.717, 1.165) is 22.4 Å². The number of esters is 1. The molecule has 0 unspecified atom stereocenters. The Labute approximate surface area is 147 Å². The summed E-state index contributed by atoms with van der Waals surface area (Å²) in [7, 11) is 2.94. The van der Waals surface area contributed by atoms with Crippen molar-refractivity contribution >= 4 is 23.6 Å². The Hall–Kier alpha value is -3.08. The second kappa shape index (κ2) is 8.15. The molecule has 0 aromatic heterocycles. The number of rotatable bonds is 5. The summed E-state index contributed by atoms with van der Waals surface area (Å²) in [5, 5.41) is 2.73. The molecule has 25 heavy (non-hydrogen) atoms. The van der Waals surface area contributed by atoms with Crippen molar-refractivity contribution in [3.05, 3.63) is 64.7 Å². The lowest BCUT2D eigenvalue weighted by Gasteiger charge is -2.09. The Morgan fingerprint density at radius 3 is 2.32 bits per heavy atom. The molecule has 0 aliphatic carbocycles. The molecule has 0 aliphatic heterocycles. The lowest BCUT2D eigenvalue weighted by molar-refractivity contribution is -0.111. The zero-order valence-electron chi connectivity index (χ0n) is 14.8. The number of amides is 1. The van der Waals surface area contributed by atoms with E-state index in [4.69, 9.17) is 4.74 Å². The first-order valence-corrected chi connectivity index (χ1v) is 7.77. The lowest BCUT2D eigenvalue weighted by atomic mass is 10.0. The average molecular weight is 339 g/mol. The fourth-order valence-corrected chi connectivity index (χ4v) is 2.50. The van der Waals surface area contributed by atoms with E-state index in [0.29, 0.717) is 11.3 Å². The van der Waals surface area contributed by atoms with Gasteiger partial charge in [0.1, 0.15) is 5.75 Å². The van der Waals surface area contributed by atoms with Crippen LogP contribution in [0.1, 0.15) is 27.0 Å². The van der Waals surface area contributed by atoms with Crippen molar-refractivity contribution < 1.29 is 19.1 Å². The number of carbonyl (C=O) groups excluding carboxylic acids is 2. The number of benzene rings is 2. The first-order valence-electron chi connectivity index (χ1n) is 7.77. The minimum Gasteiger partial charge on any atom is -0.497 e. The van der Waals surface area contributed by atoms with E-state index >= 15 is 0 Å². The molecule has 130 valence electrons. The van der Waals surface area contributed by atoms with E-state index in [1.165, 1.54) is 13.2 Å². The van der Waals surface area contributed by atoms with Crippen LogP contribution in [0.2, 0.25) is 0 Å². The van der Waals surface area contributed by atoms with Crippen molar-refractivity contribution in [3.8, 4) is 5.75 Å². The minimum absolute atomic E-state index is 0.281. The summed E-state index contributed by atoms with van der Waals surface area (Å²) in [6.07, 6.45) is 3.23. The molecule has 0 spiro atoms. The van der Waals surface area contributed by atoms with E-state index in [1.807, 2.05) is 26.0 Å². The van der Waals surface area contributed by atoms with Crippen molar-refractivity contribution in [3.63, 3.8) is 0 Å². The average Bonchev–Trinajstić information content (AvgIpc) is 2.60. The third-order valence-electron chi connectivity index (χ3n) is 3.76. The molecule has 0 aliphatic rings. The van der Waals surface area contributed by atoms with Crippen LogP contribution >= 0.6 is 0 Å². The van der Waals surface area contributed by atoms with Gasteiger partial charge >= 0.3 is 5.97 Å². The molecule has 2 aromatic rings. The number of nitrogens with one attached hydrogen (secondary N) is 1. The number of methoxy groups -OCH3 is 2. The van der Waals surface area contributed by atoms with Crippen LogP contribution in [0.3, 0.4) is 0 Å². The summed E-state index contributed by atoms with van der Waals surface area (Å²) < 4.78 is 9.90. The fraction of sp³-hybridized carbons (Fsp3) is 0.200. The summed E-state index contributed by atoms with van der Waals surface area (Å²) in [6, 6.07) is 10.4. The predicted octanol–water partition coefficient (Wildman–Crippen LogP) is 3.75. The smallest absolute Gasteiger partial charge is 0.337 e. The van der Waals surface area contributed by atoms with E-state index in [-0.39, 0.29) is 5.91 Å². The molecule has 0 saturated heterocycles. The molecule has 0 saturated carbocycles. The Morgan fingerprint density at radius 1 is 1.04 bits per heavy atom. The Kier molecular flexibility index (Phi) is 5.95. The summed E-state index contributed by atoms with van der Waals surface area (Å²) in [5.41, 5.74) is 3.92. The summed E-state index contributed by atoms with van der Waals surface area (Å²) >= 11 is 0. The van der Waals surface area contributed by atoms with Crippen LogP contribution in [-0.2, 0) is 9.53 Å². The van der Waals surface area contributed by atoms with Gasteiger partial charge in [0.15, 0.2) is 0 Å². The second-order valence-corrected chi connectivity index (χ2v) is 5.57. The van der Waals surface area contributed by atoms with Gasteiger partial charge in [0.05, 0.1) is 19.8 Å². The van der Waals surface area contributed by atoms with Crippen molar-refractivity contribution in [2.75, 3.05) is 19.5 Å². The van der Waals surface area contributed by atoms with Crippen LogP contribution in [0.4, 0.5) is 5.69 Å². The highest BCUT2D eigenvalue weighted by molar-refractivity contribution is 6.02. The summed E-state index contributed by atoms with van der Waals surface area (Å²) in [6.45, 7) is 3.93. The highest BCUT2D eigenvalue weighted by Gasteiger charge is 2.07. The number of aryl methyl sites for hydroxylation is 2. The molecule has 1 N–H and O–H groups in total. The number of carbonyl (C=O) groups is 2. The van der Waals surface area contributed by atoms with Gasteiger partial charge in [-0.2, -0.15) is 0 Å². The van der Waals surface area contributed by atoms with Gasteiger partial charge in [-0.3, -0.25) is 4.79 Å². The molecule has 0 bridgehead atoms. The molecule has 5 nitrogen and oxygen atoms in total. The van der Waals surface area contributed by atoms with Crippen LogP contribution in [0.5, 0.6) is 5.75 Å². The first kappa shape index (κ1) is 18.3. The van der Waals surface area contributed by atoms with Crippen LogP contribution in [0, 0.1) is 13.8 Å². The maximum atomic E-state index is 12.1. The number of hydrogen-bond donors (Lipinski definition) is 1. The van der Waals surface area contributed by atoms with Crippen molar-refractivity contribution in [2.24, 2.45) is 0 Å². The molecule has 0 heterocycles. The third kappa shape index (κ3) is 4.70. The third-order valence-corrected chi connectivity index (χ3v) is 3.76. The van der Waals surface area contributed by atoms with Crippen LogP contribution < -0.4 is 10.1 Å². The van der Waals surface area contributed by atoms with Gasteiger partial charge in [-0.15, -0.1) is 0 Å². The van der Waals surface area contributed by atoms with Crippen molar-refractivity contribution in [1.29, 1.82) is 0 Å². The van der Waals surface area contributed by atoms with Gasteiger partial charge < -0.3 is 14.8 Å². The van der Waals surface area contributed by atoms with Crippen LogP contribution in [0.15, 0.2) is 42.5 Å². The zero-order chi connectivity index (χ0) is 18.4. The van der Waals surface area contributed by atoms with Crippen LogP contribution in [-0.4, -0.2) is 26.1 Å². The maximum Gasteiger partial charge on any atom is 0.337 e. The lowest BCUT2D eigenvalue weighted by Crippen LogP contribution is -2.09. The normalized spacial score (nSPS) is 10.6. The second-order valence-electron chi connectivity index (χ2n) is 5.57. The van der Waals surface area contributed by atoms with Gasteiger partial charge in [-0.1, -0.05) is 6.07 Å². The van der Waals surface area contributed by atoms with Gasteiger partial charge in [0, 0.05) is 11.8 Å². The highest BCUT2D eigenvalue weighted by atomic mass is 16.5. The van der Waals surface area contributed by atoms with E-state index < -0.39 is 5.97 Å². The van der Waals surface area contributed by atoms with Crippen molar-refractivity contribution in [2.45, 2.75) is 13.8 Å². The number of anilines is 1. The van der Waals surface area contributed by atoms with E-state index in [2.05, 4.69) is 10.1 Å². The predicted molar refractivity (Wildman–Crippen MR) is 97.9 cm³/mol. The van der Waals surface area contributed by atoms with E-state index in [1.54, 1.807) is 37.5 Å². The quantitative estimate of drug-likeness (QED) is 0.665. The molecule has 1 amide bonds. The van der Waals surface area contributed by atoms with Gasteiger partial charge in [0.25, 0.3) is 0 Å². The molecule has 2 aromatic carbocycles. The topological polar surface area (TPSA) is 64.6 Å². The van der Waals surface area contributed by atoms with Gasteiger partial charge in [0.2, 0.25) is 5.91 Å². The van der Waals surface area contributed by atoms with Gasteiger partial charge in [-0.05, 0) is 66.9 Å². The standard InChI is InChI=1S/C20H21NO4/c1-13-10-17(24-3)11-14(2)18(13)8-9-19(22)21-16-7-5-6-15(12-16)20(23)25-4/h5-12H,1-4H3,(H,21,22)/b9-8+. The Balaban J connectivity index is 2.13. The largest absolute Gasteiger partial charge is 0.497 e. The molecule has 0 radical (unpaired) electrons. The van der Waals surface area contributed by atoms with Crippen molar-refractivity contribution in [1.82, 2.24) is 0 Å². The molecule has 0 atom stereocenters. The molecule has 5 heteroatoms. The SMILES string of the molecule is COC(=O)c1cccc(NC(=O)/C=C/c2c(C)cc(OC)cc2C)c1. The maximum absolute atomic E-state index is 12.1. The molecular formula is C20H21NO4. The minimum atomic E-state index is -0.448. The summed E-state index contributed by atoms with van der Waals surface area (Å²) in [5.74, 6) is 0.0592. The van der Waals surface area contributed by atoms with E-state index in [9.17, 15) is 9.59 Å². The molecule has 0 fully saturated rings. The zero-order valence-corrected chi connectivity index (χ0v) is 14.8.